The molecule has 1 heterocycles. The van der Waals surface area contributed by atoms with Gasteiger partial charge in [0.25, 0.3) is 0 Å². The second kappa shape index (κ2) is 5.83. The van der Waals surface area contributed by atoms with E-state index in [4.69, 9.17) is 0 Å². The Morgan fingerprint density at radius 2 is 2.12 bits per heavy atom. The van der Waals surface area contributed by atoms with Crippen LogP contribution in [0.4, 0.5) is 0 Å². The summed E-state index contributed by atoms with van der Waals surface area (Å²) in [5.74, 6) is 0.324. The molecule has 2 rings (SSSR count). The summed E-state index contributed by atoms with van der Waals surface area (Å²) in [5.41, 5.74) is 0. The third kappa shape index (κ3) is 3.96. The topological polar surface area (TPSA) is 35.6 Å². The molecule has 1 saturated carbocycles. The summed E-state index contributed by atoms with van der Waals surface area (Å²) >= 11 is 0. The zero-order valence-corrected chi connectivity index (χ0v) is 11.1. The molecule has 1 atom stereocenters. The van der Waals surface area contributed by atoms with Crippen LogP contribution >= 0.6 is 0 Å². The van der Waals surface area contributed by atoms with Crippen LogP contribution in [0.3, 0.4) is 0 Å². The van der Waals surface area contributed by atoms with E-state index < -0.39 is 0 Å². The van der Waals surface area contributed by atoms with Crippen LogP contribution in [0.5, 0.6) is 0 Å². The number of hydrogen-bond donors (Lipinski definition) is 1. The second-order valence-electron chi connectivity index (χ2n) is 5.58. The first-order chi connectivity index (χ1) is 8.16. The van der Waals surface area contributed by atoms with Gasteiger partial charge in [-0.2, -0.15) is 0 Å². The molecule has 0 aromatic rings. The zero-order chi connectivity index (χ0) is 12.3. The number of amides is 1. The van der Waals surface area contributed by atoms with E-state index in [-0.39, 0.29) is 0 Å². The zero-order valence-electron chi connectivity index (χ0n) is 11.1. The van der Waals surface area contributed by atoms with E-state index in [0.717, 1.165) is 26.1 Å². The number of carbonyl (C=O) groups excluding carboxylic acids is 1. The van der Waals surface area contributed by atoms with Gasteiger partial charge in [0, 0.05) is 38.1 Å². The average molecular weight is 239 g/mol. The molecule has 4 nitrogen and oxygen atoms in total. The van der Waals surface area contributed by atoms with Gasteiger partial charge in [-0.1, -0.05) is 0 Å². The monoisotopic (exact) mass is 239 g/mol. The summed E-state index contributed by atoms with van der Waals surface area (Å²) in [4.78, 5) is 16.3. The van der Waals surface area contributed by atoms with E-state index in [2.05, 4.69) is 24.3 Å². The highest BCUT2D eigenvalue weighted by molar-refractivity contribution is 5.76. The molecule has 0 radical (unpaired) electrons. The molecule has 4 heteroatoms. The van der Waals surface area contributed by atoms with E-state index in [0.29, 0.717) is 24.4 Å². The third-order valence-corrected chi connectivity index (χ3v) is 3.83. The molecule has 17 heavy (non-hydrogen) atoms. The van der Waals surface area contributed by atoms with Crippen molar-refractivity contribution in [3.8, 4) is 0 Å². The van der Waals surface area contributed by atoms with Crippen molar-refractivity contribution in [2.45, 2.75) is 44.2 Å². The number of nitrogens with zero attached hydrogens (tertiary/aromatic N) is 2. The summed E-state index contributed by atoms with van der Waals surface area (Å²) in [7, 11) is 4.21. The maximum absolute atomic E-state index is 12.0. The van der Waals surface area contributed by atoms with E-state index >= 15 is 0 Å². The Labute approximate surface area is 104 Å². The lowest BCUT2D eigenvalue weighted by molar-refractivity contribution is -0.133. The molecule has 1 aliphatic carbocycles. The van der Waals surface area contributed by atoms with Gasteiger partial charge in [0.1, 0.15) is 0 Å². The highest BCUT2D eigenvalue weighted by atomic mass is 16.2. The molecular weight excluding hydrogens is 214 g/mol. The van der Waals surface area contributed by atoms with Crippen LogP contribution in [0, 0.1) is 0 Å². The standard InChI is InChI=1S/C13H25N3O/c1-15(2)12-4-3-9-16(10-12)13(17)7-8-14-11-5-6-11/h11-12,14H,3-10H2,1-2H3. The molecule has 1 amide bonds. The van der Waals surface area contributed by atoms with E-state index in [1.165, 1.54) is 19.3 Å². The molecule has 2 fully saturated rings. The minimum atomic E-state index is 0.324. The number of rotatable bonds is 5. The normalized spacial score (nSPS) is 25.4. The van der Waals surface area contributed by atoms with Crippen molar-refractivity contribution in [1.29, 1.82) is 0 Å². The van der Waals surface area contributed by atoms with E-state index in [1.54, 1.807) is 0 Å². The smallest absolute Gasteiger partial charge is 0.223 e. The van der Waals surface area contributed by atoms with E-state index in [1.807, 2.05) is 4.90 Å². The van der Waals surface area contributed by atoms with Crippen molar-refractivity contribution >= 4 is 5.91 Å². The molecular formula is C13H25N3O. The predicted octanol–water partition coefficient (Wildman–Crippen LogP) is 0.681. The maximum Gasteiger partial charge on any atom is 0.223 e. The lowest BCUT2D eigenvalue weighted by Gasteiger charge is -2.36. The minimum absolute atomic E-state index is 0.324. The number of nitrogens with one attached hydrogen (secondary N) is 1. The Bertz CT molecular complexity index is 263. The summed E-state index contributed by atoms with van der Waals surface area (Å²) in [6.07, 6.45) is 5.61. The molecule has 1 unspecified atom stereocenters. The van der Waals surface area contributed by atoms with Gasteiger partial charge in [0.2, 0.25) is 5.91 Å². The van der Waals surface area contributed by atoms with Crippen LogP contribution in [-0.4, -0.2) is 61.5 Å². The Kier molecular flexibility index (Phi) is 4.40. The van der Waals surface area contributed by atoms with Gasteiger partial charge in [-0.05, 0) is 39.8 Å². The predicted molar refractivity (Wildman–Crippen MR) is 68.9 cm³/mol. The highest BCUT2D eigenvalue weighted by Gasteiger charge is 2.25. The molecule has 0 aromatic carbocycles. The molecule has 0 bridgehead atoms. The number of piperidine rings is 1. The fourth-order valence-corrected chi connectivity index (χ4v) is 2.43. The van der Waals surface area contributed by atoms with Crippen molar-refractivity contribution in [2.75, 3.05) is 33.7 Å². The molecule has 1 N–H and O–H groups in total. The molecule has 0 spiro atoms. The van der Waals surface area contributed by atoms with Gasteiger partial charge < -0.3 is 15.1 Å². The lowest BCUT2D eigenvalue weighted by atomic mass is 10.0. The van der Waals surface area contributed by atoms with Crippen LogP contribution in [0.2, 0.25) is 0 Å². The largest absolute Gasteiger partial charge is 0.341 e. The minimum Gasteiger partial charge on any atom is -0.341 e. The first-order valence-corrected chi connectivity index (χ1v) is 6.84. The van der Waals surface area contributed by atoms with Gasteiger partial charge >= 0.3 is 0 Å². The number of likely N-dealkylation sites (tertiary alicyclic amines) is 1. The first kappa shape index (κ1) is 12.8. The molecule has 1 aliphatic heterocycles. The lowest BCUT2D eigenvalue weighted by Crippen LogP contribution is -2.47. The van der Waals surface area contributed by atoms with Crippen LogP contribution < -0.4 is 5.32 Å². The van der Waals surface area contributed by atoms with Crippen molar-refractivity contribution in [3.63, 3.8) is 0 Å². The number of carbonyl (C=O) groups is 1. The van der Waals surface area contributed by atoms with Gasteiger partial charge in [0.05, 0.1) is 0 Å². The highest BCUT2D eigenvalue weighted by Crippen LogP contribution is 2.18. The molecule has 98 valence electrons. The SMILES string of the molecule is CN(C)C1CCCN(C(=O)CCNC2CC2)C1. The van der Waals surface area contributed by atoms with Crippen LogP contribution in [0.1, 0.15) is 32.1 Å². The summed E-state index contributed by atoms with van der Waals surface area (Å²) in [6, 6.07) is 1.25. The van der Waals surface area contributed by atoms with Crippen LogP contribution in [-0.2, 0) is 4.79 Å². The maximum atomic E-state index is 12.0. The average Bonchev–Trinajstić information content (AvgIpc) is 3.13. The van der Waals surface area contributed by atoms with Gasteiger partial charge in [0.15, 0.2) is 0 Å². The fourth-order valence-electron chi connectivity index (χ4n) is 2.43. The van der Waals surface area contributed by atoms with Gasteiger partial charge in [-0.3, -0.25) is 4.79 Å². The Morgan fingerprint density at radius 3 is 2.76 bits per heavy atom. The summed E-state index contributed by atoms with van der Waals surface area (Å²) in [6.45, 7) is 2.72. The van der Waals surface area contributed by atoms with E-state index in [9.17, 15) is 4.79 Å². The Morgan fingerprint density at radius 1 is 1.35 bits per heavy atom. The van der Waals surface area contributed by atoms with Crippen LogP contribution in [0.25, 0.3) is 0 Å². The molecule has 2 aliphatic rings. The van der Waals surface area contributed by atoms with Crippen molar-refractivity contribution < 1.29 is 4.79 Å². The Hall–Kier alpha value is -0.610. The quantitative estimate of drug-likeness (QED) is 0.766. The van der Waals surface area contributed by atoms with Crippen molar-refractivity contribution in [2.24, 2.45) is 0 Å². The third-order valence-electron chi connectivity index (χ3n) is 3.83. The Balaban J connectivity index is 1.69. The fraction of sp³-hybridized carbons (Fsp3) is 0.923. The molecule has 1 saturated heterocycles. The van der Waals surface area contributed by atoms with Gasteiger partial charge in [-0.15, -0.1) is 0 Å². The van der Waals surface area contributed by atoms with Crippen molar-refractivity contribution in [3.05, 3.63) is 0 Å². The molecule has 0 aromatic heterocycles. The first-order valence-electron chi connectivity index (χ1n) is 6.84. The van der Waals surface area contributed by atoms with Gasteiger partial charge in [-0.25, -0.2) is 0 Å². The van der Waals surface area contributed by atoms with Crippen molar-refractivity contribution in [1.82, 2.24) is 15.1 Å². The second-order valence-corrected chi connectivity index (χ2v) is 5.58. The summed E-state index contributed by atoms with van der Waals surface area (Å²) < 4.78 is 0. The summed E-state index contributed by atoms with van der Waals surface area (Å²) in [5, 5.41) is 3.40. The van der Waals surface area contributed by atoms with Crippen LogP contribution in [0.15, 0.2) is 0 Å². The number of hydrogen-bond acceptors (Lipinski definition) is 3. The number of likely N-dealkylation sites (N-methyl/N-ethyl adjacent to an activating group) is 1.